The van der Waals surface area contributed by atoms with Crippen LogP contribution in [0.15, 0.2) is 0 Å². The molecule has 5 atom stereocenters. The Balaban J connectivity index is 1.91. The van der Waals surface area contributed by atoms with Crippen LogP contribution in [0.3, 0.4) is 0 Å². The van der Waals surface area contributed by atoms with Gasteiger partial charge in [-0.1, -0.05) is 0 Å². The highest BCUT2D eigenvalue weighted by Gasteiger charge is 2.48. The molecule has 0 amide bonds. The average Bonchev–Trinajstić information content (AvgIpc) is 1.98. The molecule has 0 spiro atoms. The number of aliphatic hydroxyl groups is 1. The Hall–Kier alpha value is -0.0800. The summed E-state index contributed by atoms with van der Waals surface area (Å²) < 4.78 is 5.69. The zero-order chi connectivity index (χ0) is 7.42. The first-order chi connectivity index (χ1) is 5.33. The van der Waals surface area contributed by atoms with E-state index in [1.54, 1.807) is 0 Å². The zero-order valence-electron chi connectivity index (χ0n) is 6.57. The summed E-state index contributed by atoms with van der Waals surface area (Å²) in [5.41, 5.74) is 0. The largest absolute Gasteiger partial charge is 0.390 e. The fourth-order valence-corrected chi connectivity index (χ4v) is 3.16. The molecule has 2 aliphatic heterocycles. The molecule has 2 heterocycles. The highest BCUT2D eigenvalue weighted by Crippen LogP contribution is 2.47. The molecular weight excluding hydrogens is 140 g/mol. The average molecular weight is 154 g/mol. The van der Waals surface area contributed by atoms with Gasteiger partial charge in [0.15, 0.2) is 0 Å². The molecule has 4 rings (SSSR count). The van der Waals surface area contributed by atoms with Crippen molar-refractivity contribution in [3.8, 4) is 0 Å². The van der Waals surface area contributed by atoms with E-state index in [-0.39, 0.29) is 12.2 Å². The summed E-state index contributed by atoms with van der Waals surface area (Å²) in [6, 6.07) is 0. The van der Waals surface area contributed by atoms with Crippen LogP contribution in [0.4, 0.5) is 0 Å². The van der Waals surface area contributed by atoms with Crippen molar-refractivity contribution < 1.29 is 9.84 Å². The van der Waals surface area contributed by atoms with Crippen LogP contribution >= 0.6 is 0 Å². The van der Waals surface area contributed by atoms with Crippen LogP contribution in [-0.2, 0) is 4.74 Å². The lowest BCUT2D eigenvalue weighted by Gasteiger charge is -2.52. The third kappa shape index (κ3) is 0.798. The van der Waals surface area contributed by atoms with Crippen molar-refractivity contribution in [2.24, 2.45) is 11.8 Å². The quantitative estimate of drug-likeness (QED) is 0.562. The van der Waals surface area contributed by atoms with Crippen LogP contribution in [-0.4, -0.2) is 23.4 Å². The van der Waals surface area contributed by atoms with Crippen molar-refractivity contribution in [3.05, 3.63) is 0 Å². The van der Waals surface area contributed by atoms with Crippen molar-refractivity contribution in [2.45, 2.75) is 44.0 Å². The smallest absolute Gasteiger partial charge is 0.0843 e. The highest BCUT2D eigenvalue weighted by atomic mass is 16.5. The second-order valence-electron chi connectivity index (χ2n) is 4.36. The van der Waals surface area contributed by atoms with Crippen LogP contribution in [0.5, 0.6) is 0 Å². The van der Waals surface area contributed by atoms with Crippen LogP contribution < -0.4 is 0 Å². The van der Waals surface area contributed by atoms with Gasteiger partial charge in [-0.05, 0) is 37.5 Å². The van der Waals surface area contributed by atoms with Gasteiger partial charge >= 0.3 is 0 Å². The van der Waals surface area contributed by atoms with Crippen molar-refractivity contribution >= 4 is 0 Å². The summed E-state index contributed by atoms with van der Waals surface area (Å²) in [4.78, 5) is 0. The maximum atomic E-state index is 9.70. The van der Waals surface area contributed by atoms with Gasteiger partial charge in [0.05, 0.1) is 18.3 Å². The fraction of sp³-hybridized carbons (Fsp3) is 1.00. The van der Waals surface area contributed by atoms with Crippen LogP contribution in [0.1, 0.15) is 25.7 Å². The van der Waals surface area contributed by atoms with Gasteiger partial charge in [0.25, 0.3) is 0 Å². The SMILES string of the molecule is O[C@@H]1[C@@H]2C[C@H]3C[C@@H](C2)O[C@@H]1C3. The van der Waals surface area contributed by atoms with E-state index in [4.69, 9.17) is 4.74 Å². The lowest BCUT2D eigenvalue weighted by Crippen LogP contribution is -2.54. The second-order valence-corrected chi connectivity index (χ2v) is 4.36. The molecule has 0 aromatic heterocycles. The first-order valence-electron chi connectivity index (χ1n) is 4.66. The van der Waals surface area contributed by atoms with Crippen molar-refractivity contribution in [1.29, 1.82) is 0 Å². The van der Waals surface area contributed by atoms with Gasteiger partial charge in [-0.3, -0.25) is 0 Å². The number of ether oxygens (including phenoxy) is 1. The first-order valence-corrected chi connectivity index (χ1v) is 4.66. The van der Waals surface area contributed by atoms with E-state index >= 15 is 0 Å². The van der Waals surface area contributed by atoms with E-state index in [2.05, 4.69) is 0 Å². The Morgan fingerprint density at radius 3 is 2.73 bits per heavy atom. The number of rotatable bonds is 0. The van der Waals surface area contributed by atoms with E-state index in [9.17, 15) is 5.11 Å². The molecule has 2 heteroatoms. The Bertz CT molecular complexity index is 150. The minimum Gasteiger partial charge on any atom is -0.390 e. The first kappa shape index (κ1) is 6.44. The Morgan fingerprint density at radius 2 is 2.00 bits per heavy atom. The molecule has 2 aliphatic carbocycles. The third-order valence-corrected chi connectivity index (χ3v) is 3.59. The molecule has 11 heavy (non-hydrogen) atoms. The molecule has 4 bridgehead atoms. The summed E-state index contributed by atoms with van der Waals surface area (Å²) in [7, 11) is 0. The van der Waals surface area contributed by atoms with Gasteiger partial charge in [0.1, 0.15) is 0 Å². The Labute approximate surface area is 66.5 Å². The monoisotopic (exact) mass is 154 g/mol. The van der Waals surface area contributed by atoms with Gasteiger partial charge < -0.3 is 9.84 Å². The van der Waals surface area contributed by atoms with Crippen LogP contribution in [0, 0.1) is 11.8 Å². The molecule has 1 N–H and O–H groups in total. The lowest BCUT2D eigenvalue weighted by molar-refractivity contribution is -0.212. The minimum absolute atomic E-state index is 0.136. The molecule has 2 saturated carbocycles. The van der Waals surface area contributed by atoms with Crippen LogP contribution in [0.2, 0.25) is 0 Å². The van der Waals surface area contributed by atoms with E-state index in [0.717, 1.165) is 18.8 Å². The molecule has 2 saturated heterocycles. The van der Waals surface area contributed by atoms with Gasteiger partial charge in [0.2, 0.25) is 0 Å². The van der Waals surface area contributed by atoms with Gasteiger partial charge in [-0.2, -0.15) is 0 Å². The lowest BCUT2D eigenvalue weighted by atomic mass is 9.66. The van der Waals surface area contributed by atoms with E-state index < -0.39 is 0 Å². The van der Waals surface area contributed by atoms with Crippen molar-refractivity contribution in [3.63, 3.8) is 0 Å². The zero-order valence-corrected chi connectivity index (χ0v) is 6.57. The number of hydrogen-bond donors (Lipinski definition) is 1. The predicted molar refractivity (Wildman–Crippen MR) is 40.1 cm³/mol. The molecule has 0 aromatic carbocycles. The van der Waals surface area contributed by atoms with Gasteiger partial charge in [-0.15, -0.1) is 0 Å². The Morgan fingerprint density at radius 1 is 1.09 bits per heavy atom. The molecule has 0 aromatic rings. The molecule has 62 valence electrons. The summed E-state index contributed by atoms with van der Waals surface area (Å²) >= 11 is 0. The fourth-order valence-electron chi connectivity index (χ4n) is 3.16. The van der Waals surface area contributed by atoms with E-state index in [1.165, 1.54) is 12.8 Å². The summed E-state index contributed by atoms with van der Waals surface area (Å²) in [5, 5.41) is 9.70. The molecular formula is C9H14O2. The van der Waals surface area contributed by atoms with Crippen LogP contribution in [0.25, 0.3) is 0 Å². The summed E-state index contributed by atoms with van der Waals surface area (Å²) in [5.74, 6) is 1.45. The highest BCUT2D eigenvalue weighted by molar-refractivity contribution is 4.98. The third-order valence-electron chi connectivity index (χ3n) is 3.59. The van der Waals surface area contributed by atoms with Crippen molar-refractivity contribution in [1.82, 2.24) is 0 Å². The maximum absolute atomic E-state index is 9.70. The van der Waals surface area contributed by atoms with Crippen molar-refractivity contribution in [2.75, 3.05) is 0 Å². The molecule has 0 unspecified atom stereocenters. The van der Waals surface area contributed by atoms with E-state index in [0.29, 0.717) is 12.0 Å². The Kier molecular flexibility index (Phi) is 1.16. The van der Waals surface area contributed by atoms with Gasteiger partial charge in [0, 0.05) is 0 Å². The summed E-state index contributed by atoms with van der Waals surface area (Å²) in [6.07, 6.45) is 5.33. The number of aliphatic hydroxyl groups excluding tert-OH is 1. The molecule has 0 radical (unpaired) electrons. The molecule has 4 aliphatic rings. The predicted octanol–water partition coefficient (Wildman–Crippen LogP) is 0.935. The summed E-state index contributed by atoms with van der Waals surface area (Å²) in [6.45, 7) is 0. The molecule has 4 fully saturated rings. The topological polar surface area (TPSA) is 29.5 Å². The minimum atomic E-state index is -0.136. The molecule has 2 nitrogen and oxygen atoms in total. The standard InChI is InChI=1S/C9H14O2/c10-9-6-1-5-2-7(4-6)11-8(9)3-5/h5-10H,1-4H2/t5-,6+,7-,8+,9+/m0/s1. The van der Waals surface area contributed by atoms with Gasteiger partial charge in [-0.25, -0.2) is 0 Å². The number of hydrogen-bond acceptors (Lipinski definition) is 2. The maximum Gasteiger partial charge on any atom is 0.0843 e. The normalized spacial score (nSPS) is 60.3. The second kappa shape index (κ2) is 1.99. The van der Waals surface area contributed by atoms with E-state index in [1.807, 2.05) is 0 Å².